The number of rotatable bonds is 6. The summed E-state index contributed by atoms with van der Waals surface area (Å²) in [6, 6.07) is 0.175. The SMILES string of the molecule is CCN(CC)C(=O)NC1CCN(C(=O)CCOC)CC1. The first kappa shape index (κ1) is 16.8. The van der Waals surface area contributed by atoms with Gasteiger partial charge in [0.05, 0.1) is 13.0 Å². The van der Waals surface area contributed by atoms with E-state index in [-0.39, 0.29) is 18.0 Å². The summed E-state index contributed by atoms with van der Waals surface area (Å²) >= 11 is 0. The Morgan fingerprint density at radius 3 is 2.35 bits per heavy atom. The van der Waals surface area contributed by atoms with E-state index in [9.17, 15) is 9.59 Å². The second kappa shape index (κ2) is 8.79. The van der Waals surface area contributed by atoms with E-state index < -0.39 is 0 Å². The summed E-state index contributed by atoms with van der Waals surface area (Å²) in [6.07, 6.45) is 2.09. The monoisotopic (exact) mass is 285 g/mol. The predicted octanol–water partition coefficient (Wildman–Crippen LogP) is 1.07. The average molecular weight is 285 g/mol. The van der Waals surface area contributed by atoms with E-state index in [4.69, 9.17) is 4.74 Å². The van der Waals surface area contributed by atoms with Crippen molar-refractivity contribution in [3.05, 3.63) is 0 Å². The number of nitrogens with zero attached hydrogens (tertiary/aromatic N) is 2. The van der Waals surface area contributed by atoms with Gasteiger partial charge in [-0.1, -0.05) is 0 Å². The van der Waals surface area contributed by atoms with Gasteiger partial charge in [-0.2, -0.15) is 0 Å². The zero-order valence-corrected chi connectivity index (χ0v) is 12.9. The van der Waals surface area contributed by atoms with Gasteiger partial charge in [0.2, 0.25) is 5.91 Å². The summed E-state index contributed by atoms with van der Waals surface area (Å²) in [4.78, 5) is 27.4. The highest BCUT2D eigenvalue weighted by Gasteiger charge is 2.24. The van der Waals surface area contributed by atoms with Crippen LogP contribution in [0.25, 0.3) is 0 Å². The van der Waals surface area contributed by atoms with Crippen LogP contribution in [0.2, 0.25) is 0 Å². The minimum Gasteiger partial charge on any atom is -0.384 e. The smallest absolute Gasteiger partial charge is 0.317 e. The molecule has 6 heteroatoms. The topological polar surface area (TPSA) is 61.9 Å². The highest BCUT2D eigenvalue weighted by Crippen LogP contribution is 2.12. The summed E-state index contributed by atoms with van der Waals surface area (Å²) < 4.78 is 4.92. The molecule has 1 fully saturated rings. The molecule has 0 aromatic heterocycles. The van der Waals surface area contributed by atoms with Crippen LogP contribution < -0.4 is 5.32 Å². The first-order valence-corrected chi connectivity index (χ1v) is 7.44. The molecular weight excluding hydrogens is 258 g/mol. The van der Waals surface area contributed by atoms with Gasteiger partial charge in [-0.25, -0.2) is 4.79 Å². The van der Waals surface area contributed by atoms with Gasteiger partial charge in [-0.15, -0.1) is 0 Å². The van der Waals surface area contributed by atoms with Gasteiger partial charge >= 0.3 is 6.03 Å². The fourth-order valence-corrected chi connectivity index (χ4v) is 2.40. The van der Waals surface area contributed by atoms with Gasteiger partial charge in [0.25, 0.3) is 0 Å². The molecule has 0 radical (unpaired) electrons. The highest BCUT2D eigenvalue weighted by atomic mass is 16.5. The number of methoxy groups -OCH3 is 1. The maximum atomic E-state index is 11.9. The predicted molar refractivity (Wildman–Crippen MR) is 77.5 cm³/mol. The van der Waals surface area contributed by atoms with Gasteiger partial charge in [0, 0.05) is 39.3 Å². The molecule has 1 rings (SSSR count). The standard InChI is InChI=1S/C14H27N3O3/c1-4-16(5-2)14(19)15-12-6-9-17(10-7-12)13(18)8-11-20-3/h12H,4-11H2,1-3H3,(H,15,19). The van der Waals surface area contributed by atoms with Crippen molar-refractivity contribution in [3.8, 4) is 0 Å². The Kier molecular flexibility index (Phi) is 7.36. The summed E-state index contributed by atoms with van der Waals surface area (Å²) in [6.45, 7) is 7.28. The molecule has 0 bridgehead atoms. The Hall–Kier alpha value is -1.30. The number of urea groups is 1. The number of nitrogens with one attached hydrogen (secondary N) is 1. The number of carbonyl (C=O) groups is 2. The summed E-state index contributed by atoms with van der Waals surface area (Å²) in [5.41, 5.74) is 0. The van der Waals surface area contributed by atoms with Crippen LogP contribution in [0.1, 0.15) is 33.1 Å². The molecule has 1 N–H and O–H groups in total. The first-order valence-electron chi connectivity index (χ1n) is 7.44. The number of hydrogen-bond donors (Lipinski definition) is 1. The van der Waals surface area contributed by atoms with Crippen LogP contribution >= 0.6 is 0 Å². The maximum Gasteiger partial charge on any atom is 0.317 e. The molecule has 116 valence electrons. The minimum absolute atomic E-state index is 0.000778. The number of ether oxygens (including phenoxy) is 1. The molecule has 1 heterocycles. The van der Waals surface area contributed by atoms with Crippen molar-refractivity contribution < 1.29 is 14.3 Å². The van der Waals surface area contributed by atoms with Crippen molar-refractivity contribution in [2.75, 3.05) is 39.9 Å². The Morgan fingerprint density at radius 2 is 1.85 bits per heavy atom. The van der Waals surface area contributed by atoms with Crippen LogP contribution in [0.15, 0.2) is 0 Å². The number of amides is 3. The third-order valence-corrected chi connectivity index (χ3v) is 3.75. The number of hydrogen-bond acceptors (Lipinski definition) is 3. The fraction of sp³-hybridized carbons (Fsp3) is 0.857. The van der Waals surface area contributed by atoms with Crippen molar-refractivity contribution in [1.29, 1.82) is 0 Å². The molecule has 0 atom stereocenters. The van der Waals surface area contributed by atoms with E-state index in [0.29, 0.717) is 26.1 Å². The van der Waals surface area contributed by atoms with Gasteiger partial charge in [0.15, 0.2) is 0 Å². The van der Waals surface area contributed by atoms with E-state index >= 15 is 0 Å². The van der Waals surface area contributed by atoms with Gasteiger partial charge in [-0.3, -0.25) is 4.79 Å². The number of carbonyl (C=O) groups excluding carboxylic acids is 2. The molecule has 1 aliphatic heterocycles. The third kappa shape index (κ3) is 5.00. The Morgan fingerprint density at radius 1 is 1.25 bits per heavy atom. The normalized spacial score (nSPS) is 16.1. The molecule has 0 unspecified atom stereocenters. The zero-order chi connectivity index (χ0) is 15.0. The van der Waals surface area contributed by atoms with Crippen molar-refractivity contribution >= 4 is 11.9 Å². The van der Waals surface area contributed by atoms with Crippen LogP contribution in [0, 0.1) is 0 Å². The fourth-order valence-electron chi connectivity index (χ4n) is 2.40. The number of likely N-dealkylation sites (tertiary alicyclic amines) is 1. The summed E-state index contributed by atoms with van der Waals surface area (Å²) in [7, 11) is 1.60. The molecule has 3 amide bonds. The lowest BCUT2D eigenvalue weighted by molar-refractivity contribution is -0.133. The van der Waals surface area contributed by atoms with Crippen molar-refractivity contribution in [3.63, 3.8) is 0 Å². The lowest BCUT2D eigenvalue weighted by Crippen LogP contribution is -2.50. The van der Waals surface area contributed by atoms with Crippen LogP contribution in [0.3, 0.4) is 0 Å². The molecule has 0 aromatic rings. The Balaban J connectivity index is 2.31. The van der Waals surface area contributed by atoms with Gasteiger partial charge in [-0.05, 0) is 26.7 Å². The minimum atomic E-state index is -0.000778. The van der Waals surface area contributed by atoms with Crippen molar-refractivity contribution in [2.24, 2.45) is 0 Å². The number of piperidine rings is 1. The second-order valence-electron chi connectivity index (χ2n) is 5.02. The molecular formula is C14H27N3O3. The quantitative estimate of drug-likeness (QED) is 0.794. The second-order valence-corrected chi connectivity index (χ2v) is 5.02. The molecule has 20 heavy (non-hydrogen) atoms. The van der Waals surface area contributed by atoms with Crippen molar-refractivity contribution in [2.45, 2.75) is 39.2 Å². The van der Waals surface area contributed by atoms with E-state index in [2.05, 4.69) is 5.32 Å². The summed E-state index contributed by atoms with van der Waals surface area (Å²) in [5.74, 6) is 0.139. The molecule has 0 aromatic carbocycles. The highest BCUT2D eigenvalue weighted by molar-refractivity contribution is 5.76. The van der Waals surface area contributed by atoms with Crippen molar-refractivity contribution in [1.82, 2.24) is 15.1 Å². The molecule has 1 saturated heterocycles. The van der Waals surface area contributed by atoms with Gasteiger partial charge in [0.1, 0.15) is 0 Å². The van der Waals surface area contributed by atoms with Crippen LogP contribution in [0.5, 0.6) is 0 Å². The first-order chi connectivity index (χ1) is 9.62. The molecule has 1 aliphatic rings. The summed E-state index contributed by atoms with van der Waals surface area (Å²) in [5, 5.41) is 3.05. The van der Waals surface area contributed by atoms with E-state index in [0.717, 1.165) is 25.9 Å². The van der Waals surface area contributed by atoms with Crippen LogP contribution in [-0.2, 0) is 9.53 Å². The lowest BCUT2D eigenvalue weighted by atomic mass is 10.0. The maximum absolute atomic E-state index is 11.9. The van der Waals surface area contributed by atoms with Crippen LogP contribution in [-0.4, -0.2) is 67.7 Å². The Labute approximate surface area is 121 Å². The molecule has 6 nitrogen and oxygen atoms in total. The molecule has 0 saturated carbocycles. The zero-order valence-electron chi connectivity index (χ0n) is 12.9. The molecule has 0 spiro atoms. The Bertz CT molecular complexity index is 311. The van der Waals surface area contributed by atoms with Crippen LogP contribution in [0.4, 0.5) is 4.79 Å². The van der Waals surface area contributed by atoms with E-state index in [1.54, 1.807) is 12.0 Å². The lowest BCUT2D eigenvalue weighted by Gasteiger charge is -2.33. The largest absolute Gasteiger partial charge is 0.384 e. The average Bonchev–Trinajstić information content (AvgIpc) is 2.46. The van der Waals surface area contributed by atoms with E-state index in [1.807, 2.05) is 18.7 Å². The van der Waals surface area contributed by atoms with Gasteiger partial charge < -0.3 is 19.9 Å². The van der Waals surface area contributed by atoms with E-state index in [1.165, 1.54) is 0 Å². The molecule has 0 aliphatic carbocycles. The third-order valence-electron chi connectivity index (χ3n) is 3.75.